The highest BCUT2D eigenvalue weighted by Gasteiger charge is 2.27. The molecule has 0 unspecified atom stereocenters. The van der Waals surface area contributed by atoms with Gasteiger partial charge in [0, 0.05) is 185 Å². The Morgan fingerprint density at radius 2 is 0.945 bits per heavy atom. The summed E-state index contributed by atoms with van der Waals surface area (Å²) >= 11 is 1.64. The molecule has 16 heterocycles. The maximum absolute atomic E-state index is 11.8. The molecular formula is C79H75N25O4S. The minimum atomic E-state index is -0.283. The first kappa shape index (κ1) is 73.7. The number of carbonyl (C=O) groups is 3. The Bertz CT molecular complexity index is 5620. The van der Waals surface area contributed by atoms with E-state index in [2.05, 4.69) is 120 Å². The second-order valence-electron chi connectivity index (χ2n) is 26.0. The van der Waals surface area contributed by atoms with Gasteiger partial charge in [0.1, 0.15) is 41.4 Å². The standard InChI is InChI=1S/C28H27N9O.C25H23N9O2.C25H21N7OS.CH4/c1-2-27(38)35-11-9-34(10-12-35)26-4-3-20(15-31-26)25-13-21(18-37-28(25)22(14-29)16-33-37)23-17-32-36(19-23)24-5-7-30-8-6-24;1-3-24(35)32-8-6-31(7-9-32)23-5-4-18(14-27-23)21-12-19(16-34-25(21)20(13-26)15-28-34)22-17-33(30-29-22)10-11-36-2;1-4-23(33)31-9-7-30(8-10-31)22-6-5-18(13-27-22)21-11-19(25-16(2)29-17(3)34-25)15-32-24(21)20(12-26)14-28-32;/h1,3-4,13,15-19,24,30H,5-12H2;1,4-5,12,14-17H,6-11H2,2H3;1,5-6,11,13-15H,7-10H2,2-3H3;1H4. The van der Waals surface area contributed by atoms with Gasteiger partial charge >= 0.3 is 0 Å². The lowest BCUT2D eigenvalue weighted by Gasteiger charge is -2.34. The minimum absolute atomic E-state index is 0. The lowest BCUT2D eigenvalue weighted by atomic mass is 10.0. The number of piperidine rings is 1. The number of methoxy groups -OCH3 is 1. The second kappa shape index (κ2) is 32.8. The zero-order valence-electron chi connectivity index (χ0n) is 59.4. The van der Waals surface area contributed by atoms with E-state index in [4.69, 9.17) is 34.0 Å². The van der Waals surface area contributed by atoms with Crippen LogP contribution >= 0.6 is 11.3 Å². The van der Waals surface area contributed by atoms with Crippen LogP contribution in [0.5, 0.6) is 0 Å². The van der Waals surface area contributed by atoms with Crippen LogP contribution in [0.1, 0.15) is 53.7 Å². The van der Waals surface area contributed by atoms with E-state index in [9.17, 15) is 30.2 Å². The van der Waals surface area contributed by atoms with Crippen LogP contribution in [-0.4, -0.2) is 211 Å². The van der Waals surface area contributed by atoms with Crippen molar-refractivity contribution in [2.45, 2.75) is 46.7 Å². The van der Waals surface area contributed by atoms with Crippen LogP contribution in [0, 0.1) is 84.9 Å². The number of amides is 3. The van der Waals surface area contributed by atoms with E-state index in [-0.39, 0.29) is 25.1 Å². The van der Waals surface area contributed by atoms with Gasteiger partial charge in [-0.2, -0.15) is 36.2 Å². The molecule has 0 aromatic carbocycles. The number of hydrogen-bond acceptors (Lipinski definition) is 22. The van der Waals surface area contributed by atoms with Crippen molar-refractivity contribution < 1.29 is 19.1 Å². The van der Waals surface area contributed by atoms with Gasteiger partial charge in [-0.15, -0.1) is 35.7 Å². The van der Waals surface area contributed by atoms with E-state index in [0.29, 0.717) is 126 Å². The van der Waals surface area contributed by atoms with Gasteiger partial charge in [0.15, 0.2) is 0 Å². The Balaban J connectivity index is 0.000000143. The highest BCUT2D eigenvalue weighted by atomic mass is 32.1. The van der Waals surface area contributed by atoms with Crippen molar-refractivity contribution >= 4 is 63.1 Å². The van der Waals surface area contributed by atoms with E-state index in [1.54, 1.807) is 76.2 Å². The third-order valence-electron chi connectivity index (χ3n) is 19.6. The minimum Gasteiger partial charge on any atom is -0.383 e. The van der Waals surface area contributed by atoms with Crippen LogP contribution < -0.4 is 20.0 Å². The van der Waals surface area contributed by atoms with Crippen molar-refractivity contribution in [3.8, 4) is 121 Å². The van der Waals surface area contributed by atoms with Crippen LogP contribution in [0.2, 0.25) is 0 Å². The number of fused-ring (bicyclic) bond motifs is 3. The molecule has 16 rings (SSSR count). The van der Waals surface area contributed by atoms with Gasteiger partial charge in [-0.25, -0.2) is 38.2 Å². The molecule has 546 valence electrons. The SMILES string of the molecule is C.C#CC(=O)N1CCN(c2ccc(-c3cc(-c4cn(CCOC)nn4)cn4ncc(C#N)c34)cn2)CC1.C#CC(=O)N1CCN(c2ccc(-c3cc(-c4cnn(C5CCNCC5)c4)cn4ncc(C#N)c34)cn2)CC1.C#CC(=O)N1CCN(c2ccc(-c3cc(-c4sc(C)nc4C)cn4ncc(C#N)c34)cn2)CC1. The number of nitrogens with zero attached hydrogens (tertiary/aromatic N) is 24. The number of anilines is 3. The molecule has 4 aliphatic heterocycles. The highest BCUT2D eigenvalue weighted by Crippen LogP contribution is 2.38. The van der Waals surface area contributed by atoms with Crippen molar-refractivity contribution in [2.24, 2.45) is 0 Å². The molecule has 12 aromatic rings. The first-order chi connectivity index (χ1) is 52.7. The summed E-state index contributed by atoms with van der Waals surface area (Å²) in [5.74, 6) is 8.20. The number of ether oxygens (including phenoxy) is 1. The lowest BCUT2D eigenvalue weighted by Crippen LogP contribution is -2.48. The molecule has 3 amide bonds. The molecule has 109 heavy (non-hydrogen) atoms. The maximum Gasteiger partial charge on any atom is 0.298 e. The molecule has 29 nitrogen and oxygen atoms in total. The number of nitrogens with one attached hydrogen (secondary N) is 1. The third-order valence-corrected chi connectivity index (χ3v) is 20.7. The molecule has 12 aromatic heterocycles. The molecule has 0 aliphatic carbocycles. The summed E-state index contributed by atoms with van der Waals surface area (Å²) < 4.78 is 14.1. The van der Waals surface area contributed by atoms with Crippen LogP contribution in [0.15, 0.2) is 129 Å². The fraction of sp³-hybridized carbons (Fsp3) is 0.291. The normalized spacial score (nSPS) is 14.4. The topological polar surface area (TPSA) is 315 Å². The number of aryl methyl sites for hydroxylation is 2. The van der Waals surface area contributed by atoms with Crippen molar-refractivity contribution in [3.63, 3.8) is 0 Å². The summed E-state index contributed by atoms with van der Waals surface area (Å²) in [5, 5.41) is 59.8. The Morgan fingerprint density at radius 1 is 0.523 bits per heavy atom. The fourth-order valence-electron chi connectivity index (χ4n) is 13.9. The number of thiazole rings is 1. The number of hydrogen-bond donors (Lipinski definition) is 1. The summed E-state index contributed by atoms with van der Waals surface area (Å²) in [6, 6.07) is 25.2. The number of terminal acetylenes is 3. The largest absolute Gasteiger partial charge is 0.383 e. The molecule has 4 aliphatic rings. The third kappa shape index (κ3) is 15.6. The average Bonchev–Trinajstić information content (AvgIpc) is 1.67. The van der Waals surface area contributed by atoms with E-state index < -0.39 is 0 Å². The zero-order valence-corrected chi connectivity index (χ0v) is 60.3. The van der Waals surface area contributed by atoms with Crippen molar-refractivity contribution in [2.75, 3.05) is 120 Å². The summed E-state index contributed by atoms with van der Waals surface area (Å²) in [6.45, 7) is 14.5. The number of rotatable bonds is 13. The molecule has 0 saturated carbocycles. The van der Waals surface area contributed by atoms with E-state index in [0.717, 1.165) is 126 Å². The molecule has 30 heteroatoms. The van der Waals surface area contributed by atoms with Crippen LogP contribution in [0.3, 0.4) is 0 Å². The lowest BCUT2D eigenvalue weighted by molar-refractivity contribution is -0.126. The van der Waals surface area contributed by atoms with E-state index in [1.165, 1.54) is 0 Å². The second-order valence-corrected chi connectivity index (χ2v) is 27.2. The smallest absolute Gasteiger partial charge is 0.298 e. The van der Waals surface area contributed by atoms with Crippen molar-refractivity contribution in [3.05, 3.63) is 156 Å². The zero-order chi connectivity index (χ0) is 75.0. The van der Waals surface area contributed by atoms with Gasteiger partial charge in [-0.3, -0.25) is 19.1 Å². The number of pyridine rings is 6. The monoisotopic (exact) mass is 1470 g/mol. The van der Waals surface area contributed by atoms with E-state index in [1.807, 2.05) is 99.7 Å². The summed E-state index contributed by atoms with van der Waals surface area (Å²) in [5.41, 5.74) is 14.4. The summed E-state index contributed by atoms with van der Waals surface area (Å²) in [6.07, 6.45) is 39.6. The predicted octanol–water partition coefficient (Wildman–Crippen LogP) is 7.72. The van der Waals surface area contributed by atoms with Crippen LogP contribution in [-0.2, 0) is 25.7 Å². The molecule has 4 fully saturated rings. The van der Waals surface area contributed by atoms with Gasteiger partial charge in [0.25, 0.3) is 17.7 Å². The summed E-state index contributed by atoms with van der Waals surface area (Å²) in [7, 11) is 1.64. The Morgan fingerprint density at radius 3 is 1.34 bits per heavy atom. The fourth-order valence-corrected chi connectivity index (χ4v) is 14.8. The first-order valence-electron chi connectivity index (χ1n) is 35.0. The predicted molar refractivity (Wildman–Crippen MR) is 413 cm³/mol. The summed E-state index contributed by atoms with van der Waals surface area (Å²) in [4.78, 5) is 66.4. The highest BCUT2D eigenvalue weighted by molar-refractivity contribution is 7.15. The van der Waals surface area contributed by atoms with Gasteiger partial charge < -0.3 is 39.5 Å². The molecule has 1 N–H and O–H groups in total. The number of aromatic nitrogens is 15. The molecule has 0 bridgehead atoms. The quantitative estimate of drug-likeness (QED) is 0.108. The Kier molecular flexibility index (Phi) is 22.2. The van der Waals surface area contributed by atoms with E-state index >= 15 is 0 Å². The Hall–Kier alpha value is -13.6. The van der Waals surface area contributed by atoms with Crippen LogP contribution in [0.4, 0.5) is 17.5 Å². The molecular weight excluding hydrogens is 1400 g/mol. The maximum atomic E-state index is 11.8. The van der Waals surface area contributed by atoms with Gasteiger partial charge in [-0.1, -0.05) is 12.6 Å². The number of carbonyl (C=O) groups excluding carboxylic acids is 3. The molecule has 0 atom stereocenters. The molecule has 4 saturated heterocycles. The van der Waals surface area contributed by atoms with Crippen LogP contribution in [0.25, 0.3) is 82.8 Å². The average molecular weight is 1470 g/mol. The number of nitriles is 3. The Labute approximate surface area is 632 Å². The first-order valence-corrected chi connectivity index (χ1v) is 35.8. The van der Waals surface area contributed by atoms with Gasteiger partial charge in [0.2, 0.25) is 0 Å². The molecule has 0 spiro atoms. The van der Waals surface area contributed by atoms with Gasteiger partial charge in [0.05, 0.1) is 99.0 Å². The van der Waals surface area contributed by atoms with Crippen molar-refractivity contribution in [1.29, 1.82) is 15.8 Å². The van der Waals surface area contributed by atoms with Crippen molar-refractivity contribution in [1.82, 2.24) is 93.6 Å². The van der Waals surface area contributed by atoms with Gasteiger partial charge in [-0.05, 0) is 112 Å². The number of piperazine rings is 3. The molecule has 0 radical (unpaired) electrons.